The number of nitriles is 1. The Kier molecular flexibility index (Phi) is 6.15. The zero-order chi connectivity index (χ0) is 17.5. The Morgan fingerprint density at radius 3 is 2.67 bits per heavy atom. The van der Waals surface area contributed by atoms with E-state index in [2.05, 4.69) is 15.3 Å². The summed E-state index contributed by atoms with van der Waals surface area (Å²) in [6, 6.07) is 11.6. The molecule has 0 saturated heterocycles. The van der Waals surface area contributed by atoms with Crippen molar-refractivity contribution < 1.29 is 4.79 Å². The lowest BCUT2D eigenvalue weighted by molar-refractivity contribution is -0.121. The summed E-state index contributed by atoms with van der Waals surface area (Å²) in [4.78, 5) is 20.7. The lowest BCUT2D eigenvalue weighted by atomic mass is 10.1. The number of nitrogen functional groups attached to an aromatic ring is 1. The van der Waals surface area contributed by atoms with Crippen molar-refractivity contribution in [3.63, 3.8) is 0 Å². The Morgan fingerprint density at radius 1 is 1.38 bits per heavy atom. The molecule has 0 aliphatic rings. The summed E-state index contributed by atoms with van der Waals surface area (Å²) in [5.74, 6) is 0.138. The van der Waals surface area contributed by atoms with Gasteiger partial charge in [-0.05, 0) is 11.5 Å². The van der Waals surface area contributed by atoms with Crippen molar-refractivity contribution in [1.82, 2.24) is 15.3 Å². The first-order chi connectivity index (χ1) is 11.5. The molecule has 1 aromatic heterocycles. The number of benzene rings is 1. The molecule has 6 nitrogen and oxygen atoms in total. The number of nitrogens with one attached hydrogen (secondary N) is 1. The van der Waals surface area contributed by atoms with Crippen LogP contribution < -0.4 is 11.1 Å². The van der Waals surface area contributed by atoms with Gasteiger partial charge in [0.15, 0.2) is 5.16 Å². The molecule has 0 saturated carbocycles. The van der Waals surface area contributed by atoms with Crippen LogP contribution in [0.3, 0.4) is 0 Å². The molecule has 1 aromatic carbocycles. The molecule has 0 fully saturated rings. The van der Waals surface area contributed by atoms with E-state index in [4.69, 9.17) is 11.0 Å². The summed E-state index contributed by atoms with van der Waals surface area (Å²) >= 11 is 1.25. The molecule has 2 rings (SSSR count). The third-order valence-corrected chi connectivity index (χ3v) is 4.74. The smallest absolute Gasteiger partial charge is 0.234 e. The van der Waals surface area contributed by atoms with Crippen molar-refractivity contribution in [3.05, 3.63) is 47.7 Å². The molecule has 2 aromatic rings. The Labute approximate surface area is 145 Å². The van der Waals surface area contributed by atoms with Crippen LogP contribution in [0.25, 0.3) is 0 Å². The Hall–Kier alpha value is -2.59. The number of carbonyl (C=O) groups is 1. The Morgan fingerprint density at radius 2 is 2.08 bits per heavy atom. The van der Waals surface area contributed by atoms with Gasteiger partial charge in [0, 0.05) is 6.54 Å². The number of anilines is 1. The largest absolute Gasteiger partial charge is 0.382 e. The van der Waals surface area contributed by atoms with Crippen molar-refractivity contribution in [1.29, 1.82) is 5.26 Å². The van der Waals surface area contributed by atoms with E-state index >= 15 is 0 Å². The minimum Gasteiger partial charge on any atom is -0.382 e. The standard InChI is InChI=1S/C17H19N5OS/c1-11(2)14(16(23)20-9-12-6-4-3-5-7-12)24-17-21-10-13(8-18)15(19)22-17/h3-7,10-11,14H,9H2,1-2H3,(H,20,23)(H2,19,21,22). The second kappa shape index (κ2) is 8.31. The molecular formula is C17H19N5OS. The van der Waals surface area contributed by atoms with Gasteiger partial charge in [-0.15, -0.1) is 0 Å². The molecule has 1 amide bonds. The molecule has 3 N–H and O–H groups in total. The number of hydrogen-bond donors (Lipinski definition) is 2. The van der Waals surface area contributed by atoms with Gasteiger partial charge < -0.3 is 11.1 Å². The summed E-state index contributed by atoms with van der Waals surface area (Å²) < 4.78 is 0. The van der Waals surface area contributed by atoms with Gasteiger partial charge in [-0.2, -0.15) is 5.26 Å². The maximum Gasteiger partial charge on any atom is 0.234 e. The third-order valence-electron chi connectivity index (χ3n) is 3.32. The monoisotopic (exact) mass is 341 g/mol. The van der Waals surface area contributed by atoms with Gasteiger partial charge in [-0.1, -0.05) is 55.9 Å². The first kappa shape index (κ1) is 17.8. The average molecular weight is 341 g/mol. The minimum absolute atomic E-state index is 0.0783. The topological polar surface area (TPSA) is 105 Å². The van der Waals surface area contributed by atoms with Gasteiger partial charge in [0.2, 0.25) is 5.91 Å². The number of amides is 1. The molecule has 1 unspecified atom stereocenters. The molecule has 7 heteroatoms. The van der Waals surface area contributed by atoms with Gasteiger partial charge in [-0.25, -0.2) is 9.97 Å². The fourth-order valence-electron chi connectivity index (χ4n) is 2.01. The summed E-state index contributed by atoms with van der Waals surface area (Å²) in [5.41, 5.74) is 6.98. The van der Waals surface area contributed by atoms with E-state index in [0.717, 1.165) is 5.56 Å². The molecule has 0 bridgehead atoms. The summed E-state index contributed by atoms with van der Waals surface area (Å²) in [5, 5.41) is 11.8. The van der Waals surface area contributed by atoms with Crippen LogP contribution in [0.1, 0.15) is 25.0 Å². The average Bonchev–Trinajstić information content (AvgIpc) is 2.58. The van der Waals surface area contributed by atoms with Crippen LogP contribution in [0.15, 0.2) is 41.7 Å². The highest BCUT2D eigenvalue weighted by atomic mass is 32.2. The fraction of sp³-hybridized carbons (Fsp3) is 0.294. The molecular weight excluding hydrogens is 322 g/mol. The van der Waals surface area contributed by atoms with Gasteiger partial charge in [-0.3, -0.25) is 4.79 Å². The number of thioether (sulfide) groups is 1. The van der Waals surface area contributed by atoms with Crippen LogP contribution in [0.2, 0.25) is 0 Å². The van der Waals surface area contributed by atoms with Gasteiger partial charge in [0.1, 0.15) is 17.5 Å². The quantitative estimate of drug-likeness (QED) is 0.617. The predicted octanol–water partition coefficient (Wildman–Crippen LogP) is 2.36. The second-order valence-corrected chi connectivity index (χ2v) is 6.66. The zero-order valence-electron chi connectivity index (χ0n) is 13.6. The van der Waals surface area contributed by atoms with E-state index in [1.807, 2.05) is 50.2 Å². The van der Waals surface area contributed by atoms with Crippen LogP contribution in [0.5, 0.6) is 0 Å². The first-order valence-corrected chi connectivity index (χ1v) is 8.40. The van der Waals surface area contributed by atoms with E-state index in [1.165, 1.54) is 18.0 Å². The maximum atomic E-state index is 12.5. The molecule has 0 aliphatic heterocycles. The van der Waals surface area contributed by atoms with Crippen molar-refractivity contribution in [2.45, 2.75) is 30.8 Å². The van der Waals surface area contributed by atoms with Crippen LogP contribution in [-0.2, 0) is 11.3 Å². The van der Waals surface area contributed by atoms with Crippen molar-refractivity contribution in [2.75, 3.05) is 5.73 Å². The summed E-state index contributed by atoms with van der Waals surface area (Å²) in [6.07, 6.45) is 1.38. The second-order valence-electron chi connectivity index (χ2n) is 5.55. The van der Waals surface area contributed by atoms with E-state index < -0.39 is 0 Å². The van der Waals surface area contributed by atoms with Crippen molar-refractivity contribution in [3.8, 4) is 6.07 Å². The fourth-order valence-corrected chi connectivity index (χ4v) is 2.97. The number of hydrogen-bond acceptors (Lipinski definition) is 6. The lowest BCUT2D eigenvalue weighted by Gasteiger charge is -2.19. The highest BCUT2D eigenvalue weighted by Crippen LogP contribution is 2.26. The van der Waals surface area contributed by atoms with E-state index in [-0.39, 0.29) is 28.5 Å². The SMILES string of the molecule is CC(C)C(Sc1ncc(C#N)c(N)n1)C(=O)NCc1ccccc1. The number of carbonyl (C=O) groups excluding carboxylic acids is 1. The number of nitrogens with two attached hydrogens (primary N) is 1. The molecule has 1 atom stereocenters. The number of rotatable bonds is 6. The molecule has 0 aliphatic carbocycles. The maximum absolute atomic E-state index is 12.5. The number of aromatic nitrogens is 2. The third kappa shape index (κ3) is 4.70. The minimum atomic E-state index is -0.346. The lowest BCUT2D eigenvalue weighted by Crippen LogP contribution is -2.35. The van der Waals surface area contributed by atoms with Gasteiger partial charge in [0.05, 0.1) is 11.4 Å². The van der Waals surface area contributed by atoms with Crippen molar-refractivity contribution >= 4 is 23.5 Å². The predicted molar refractivity (Wildman–Crippen MR) is 93.9 cm³/mol. The Balaban J connectivity index is 2.04. The molecule has 1 heterocycles. The molecule has 0 radical (unpaired) electrons. The van der Waals surface area contributed by atoms with E-state index in [9.17, 15) is 4.79 Å². The Bertz CT molecular complexity index is 742. The summed E-state index contributed by atoms with van der Waals surface area (Å²) in [7, 11) is 0. The van der Waals surface area contributed by atoms with Gasteiger partial charge in [0.25, 0.3) is 0 Å². The van der Waals surface area contributed by atoms with E-state index in [1.54, 1.807) is 0 Å². The molecule has 24 heavy (non-hydrogen) atoms. The summed E-state index contributed by atoms with van der Waals surface area (Å²) in [6.45, 7) is 4.40. The van der Waals surface area contributed by atoms with Crippen LogP contribution in [0.4, 0.5) is 5.82 Å². The van der Waals surface area contributed by atoms with Crippen LogP contribution in [0, 0.1) is 17.2 Å². The van der Waals surface area contributed by atoms with E-state index in [0.29, 0.717) is 11.7 Å². The highest BCUT2D eigenvalue weighted by Gasteiger charge is 2.24. The van der Waals surface area contributed by atoms with Gasteiger partial charge >= 0.3 is 0 Å². The van der Waals surface area contributed by atoms with Crippen LogP contribution >= 0.6 is 11.8 Å². The normalized spacial score (nSPS) is 11.8. The molecule has 0 spiro atoms. The highest BCUT2D eigenvalue weighted by molar-refractivity contribution is 8.00. The van der Waals surface area contributed by atoms with Crippen molar-refractivity contribution in [2.24, 2.45) is 5.92 Å². The molecule has 124 valence electrons. The van der Waals surface area contributed by atoms with Crippen LogP contribution in [-0.4, -0.2) is 21.1 Å². The number of nitrogens with zero attached hydrogens (tertiary/aromatic N) is 3. The first-order valence-electron chi connectivity index (χ1n) is 7.52. The zero-order valence-corrected chi connectivity index (χ0v) is 14.4.